The summed E-state index contributed by atoms with van der Waals surface area (Å²) in [5.41, 5.74) is 0. The number of nitrogens with one attached hydrogen (secondary N) is 1. The molecule has 1 aliphatic rings. The molecule has 0 aliphatic carbocycles. The number of hydrogen-bond donors (Lipinski definition) is 2. The molecule has 1 heterocycles. The van der Waals surface area contributed by atoms with Crippen molar-refractivity contribution < 1.29 is 26.7 Å². The maximum Gasteiger partial charge on any atom is 0.321 e. The molecule has 1 saturated heterocycles. The number of carboxylic acid groups (broad SMARTS) is 1. The molecular weight excluding hydrogens is 306 g/mol. The Morgan fingerprint density at radius 1 is 1.30 bits per heavy atom. The number of sulfone groups is 1. The molecule has 1 atom stereocenters. The summed E-state index contributed by atoms with van der Waals surface area (Å²) in [5, 5.41) is 8.21. The van der Waals surface area contributed by atoms with Crippen molar-refractivity contribution in [2.75, 3.05) is 11.5 Å². The lowest BCUT2D eigenvalue weighted by molar-refractivity contribution is -0.139. The van der Waals surface area contributed by atoms with Gasteiger partial charge in [0.2, 0.25) is 10.0 Å². The molecule has 118 valence electrons. The Morgan fingerprint density at radius 3 is 2.20 bits per heavy atom. The number of aliphatic carboxylic acids is 1. The first-order valence-electron chi connectivity index (χ1n) is 6.48. The van der Waals surface area contributed by atoms with Gasteiger partial charge in [-0.2, -0.15) is 0 Å². The number of carbonyl (C=O) groups is 1. The first kappa shape index (κ1) is 17.4. The third kappa shape index (κ3) is 5.02. The summed E-state index contributed by atoms with van der Waals surface area (Å²) in [6, 6.07) is -1.17. The zero-order valence-electron chi connectivity index (χ0n) is 11.6. The minimum atomic E-state index is -3.82. The monoisotopic (exact) mass is 327 g/mol. The van der Waals surface area contributed by atoms with E-state index in [4.69, 9.17) is 5.11 Å². The van der Waals surface area contributed by atoms with Crippen LogP contribution in [0.25, 0.3) is 0 Å². The van der Waals surface area contributed by atoms with Crippen molar-refractivity contribution in [2.45, 2.75) is 44.4 Å². The highest BCUT2D eigenvalue weighted by Crippen LogP contribution is 2.19. The Kier molecular flexibility index (Phi) is 5.56. The van der Waals surface area contributed by atoms with Gasteiger partial charge in [-0.25, -0.2) is 21.6 Å². The zero-order valence-corrected chi connectivity index (χ0v) is 13.2. The van der Waals surface area contributed by atoms with Crippen LogP contribution < -0.4 is 4.72 Å². The van der Waals surface area contributed by atoms with Crippen LogP contribution in [0.3, 0.4) is 0 Å². The van der Waals surface area contributed by atoms with Gasteiger partial charge in [0.1, 0.15) is 15.9 Å². The molecule has 1 fully saturated rings. The van der Waals surface area contributed by atoms with E-state index < -0.39 is 37.1 Å². The molecule has 0 unspecified atom stereocenters. The Hall–Kier alpha value is -0.670. The van der Waals surface area contributed by atoms with Gasteiger partial charge in [0.05, 0.1) is 16.8 Å². The van der Waals surface area contributed by atoms with Crippen molar-refractivity contribution in [3.05, 3.63) is 0 Å². The highest BCUT2D eigenvalue weighted by Gasteiger charge is 2.35. The van der Waals surface area contributed by atoms with E-state index in [1.54, 1.807) is 13.8 Å². The van der Waals surface area contributed by atoms with Gasteiger partial charge < -0.3 is 5.11 Å². The molecule has 7 nitrogen and oxygen atoms in total. The quantitative estimate of drug-likeness (QED) is 0.708. The average Bonchev–Trinajstić information content (AvgIpc) is 2.26. The van der Waals surface area contributed by atoms with E-state index >= 15 is 0 Å². The van der Waals surface area contributed by atoms with Crippen LogP contribution in [0.4, 0.5) is 0 Å². The second-order valence-corrected chi connectivity index (χ2v) is 9.83. The van der Waals surface area contributed by atoms with Gasteiger partial charge in [0, 0.05) is 0 Å². The second kappa shape index (κ2) is 6.40. The molecule has 0 amide bonds. The van der Waals surface area contributed by atoms with Gasteiger partial charge in [-0.05, 0) is 25.2 Å². The Bertz CT molecular complexity index is 537. The Morgan fingerprint density at radius 2 is 1.80 bits per heavy atom. The minimum Gasteiger partial charge on any atom is -0.480 e. The zero-order chi connectivity index (χ0) is 15.6. The lowest BCUT2D eigenvalue weighted by Crippen LogP contribution is -2.47. The van der Waals surface area contributed by atoms with E-state index in [0.717, 1.165) is 0 Å². The largest absolute Gasteiger partial charge is 0.480 e. The highest BCUT2D eigenvalue weighted by molar-refractivity contribution is 7.92. The summed E-state index contributed by atoms with van der Waals surface area (Å²) >= 11 is 0. The van der Waals surface area contributed by atoms with Crippen molar-refractivity contribution in [2.24, 2.45) is 5.92 Å². The fraction of sp³-hybridized carbons (Fsp3) is 0.909. The SMILES string of the molecule is CC(C)C[C@H](NS(=O)(=O)C1CCS(=O)(=O)CC1)C(=O)O. The minimum absolute atomic E-state index is 0.0195. The molecule has 1 aliphatic heterocycles. The van der Waals surface area contributed by atoms with E-state index in [1.165, 1.54) is 0 Å². The van der Waals surface area contributed by atoms with Crippen LogP contribution in [0.5, 0.6) is 0 Å². The van der Waals surface area contributed by atoms with Gasteiger partial charge in [-0.1, -0.05) is 13.8 Å². The smallest absolute Gasteiger partial charge is 0.321 e. The second-order valence-electron chi connectivity index (χ2n) is 5.53. The predicted molar refractivity (Wildman–Crippen MR) is 74.6 cm³/mol. The summed E-state index contributed by atoms with van der Waals surface area (Å²) in [7, 11) is -6.97. The Labute approximate surface area is 119 Å². The molecule has 9 heteroatoms. The number of hydrogen-bond acceptors (Lipinski definition) is 5. The van der Waals surface area contributed by atoms with Gasteiger partial charge >= 0.3 is 5.97 Å². The summed E-state index contributed by atoms with van der Waals surface area (Å²) < 4.78 is 49.0. The summed E-state index contributed by atoms with van der Waals surface area (Å²) in [6.45, 7) is 3.61. The van der Waals surface area contributed by atoms with E-state index in [9.17, 15) is 21.6 Å². The van der Waals surface area contributed by atoms with Gasteiger partial charge in [-0.15, -0.1) is 0 Å². The highest BCUT2D eigenvalue weighted by atomic mass is 32.2. The van der Waals surface area contributed by atoms with Crippen molar-refractivity contribution in [3.8, 4) is 0 Å². The maximum atomic E-state index is 12.1. The van der Waals surface area contributed by atoms with Crippen LogP contribution in [0, 0.1) is 5.92 Å². The van der Waals surface area contributed by atoms with Crippen LogP contribution in [-0.4, -0.2) is 50.7 Å². The standard InChI is InChI=1S/C11H21NO6S2/c1-8(2)7-10(11(13)14)12-20(17,18)9-3-5-19(15,16)6-4-9/h8-10,12H,3-7H2,1-2H3,(H,13,14)/t10-/m0/s1. The lowest BCUT2D eigenvalue weighted by atomic mass is 10.1. The number of sulfonamides is 1. The molecular formula is C11H21NO6S2. The van der Waals surface area contributed by atoms with Crippen molar-refractivity contribution in [3.63, 3.8) is 0 Å². The topological polar surface area (TPSA) is 118 Å². The van der Waals surface area contributed by atoms with Crippen molar-refractivity contribution in [1.82, 2.24) is 4.72 Å². The molecule has 0 bridgehead atoms. The normalized spacial score (nSPS) is 21.8. The fourth-order valence-corrected chi connectivity index (χ4v) is 5.58. The van der Waals surface area contributed by atoms with Crippen molar-refractivity contribution >= 4 is 25.8 Å². The van der Waals surface area contributed by atoms with E-state index in [0.29, 0.717) is 0 Å². The molecule has 0 aromatic rings. The van der Waals surface area contributed by atoms with Crippen LogP contribution in [0.2, 0.25) is 0 Å². The summed E-state index contributed by atoms with van der Waals surface area (Å²) in [4.78, 5) is 11.1. The van der Waals surface area contributed by atoms with Crippen LogP contribution in [0.1, 0.15) is 33.1 Å². The molecule has 0 aromatic carbocycles. The lowest BCUT2D eigenvalue weighted by Gasteiger charge is -2.24. The number of rotatable bonds is 6. The molecule has 2 N–H and O–H groups in total. The van der Waals surface area contributed by atoms with E-state index in [2.05, 4.69) is 4.72 Å². The van der Waals surface area contributed by atoms with Crippen LogP contribution >= 0.6 is 0 Å². The van der Waals surface area contributed by atoms with Gasteiger partial charge in [0.25, 0.3) is 0 Å². The summed E-state index contributed by atoms with van der Waals surface area (Å²) in [6.07, 6.45) is 0.233. The first-order chi connectivity index (χ1) is 9.03. The summed E-state index contributed by atoms with van der Waals surface area (Å²) in [5.74, 6) is -1.52. The van der Waals surface area contributed by atoms with E-state index in [-0.39, 0.29) is 36.7 Å². The third-order valence-electron chi connectivity index (χ3n) is 3.25. The number of carboxylic acids is 1. The molecule has 0 aromatic heterocycles. The van der Waals surface area contributed by atoms with E-state index in [1.807, 2.05) is 0 Å². The average molecular weight is 327 g/mol. The van der Waals surface area contributed by atoms with Gasteiger partial charge in [0.15, 0.2) is 0 Å². The maximum absolute atomic E-state index is 12.1. The molecule has 20 heavy (non-hydrogen) atoms. The van der Waals surface area contributed by atoms with Crippen LogP contribution in [0.15, 0.2) is 0 Å². The molecule has 0 spiro atoms. The predicted octanol–water partition coefficient (Wildman–Crippen LogP) is -0.0177. The first-order valence-corrected chi connectivity index (χ1v) is 9.84. The molecule has 0 saturated carbocycles. The third-order valence-corrected chi connectivity index (χ3v) is 6.93. The molecule has 1 rings (SSSR count). The van der Waals surface area contributed by atoms with Crippen LogP contribution in [-0.2, 0) is 24.7 Å². The fourth-order valence-electron chi connectivity index (χ4n) is 2.14. The molecule has 0 radical (unpaired) electrons. The Balaban J connectivity index is 2.76. The van der Waals surface area contributed by atoms with Crippen molar-refractivity contribution in [1.29, 1.82) is 0 Å². The van der Waals surface area contributed by atoms with Gasteiger partial charge in [-0.3, -0.25) is 4.79 Å².